The molecule has 0 saturated heterocycles. The van der Waals surface area contributed by atoms with Gasteiger partial charge in [0, 0.05) is 6.07 Å². The molecule has 0 spiro atoms. The minimum absolute atomic E-state index is 0.744. The predicted octanol–water partition coefficient (Wildman–Crippen LogP) is 4.13. The maximum atomic E-state index is 5.42. The van der Waals surface area contributed by atoms with Crippen LogP contribution in [-0.4, -0.2) is 16.7 Å². The number of benzene rings is 1. The molecule has 5 heteroatoms. The molecular formula is C14H14N2OS2. The molecule has 0 amide bonds. The summed E-state index contributed by atoms with van der Waals surface area (Å²) in [6, 6.07) is 5.96. The lowest BCUT2D eigenvalue weighted by atomic mass is 10.2. The maximum absolute atomic E-state index is 5.42. The maximum Gasteiger partial charge on any atom is 0.178 e. The Balaban J connectivity index is 2.14. The van der Waals surface area contributed by atoms with Crippen molar-refractivity contribution in [3.8, 4) is 5.75 Å². The molecule has 0 aliphatic carbocycles. The van der Waals surface area contributed by atoms with Crippen LogP contribution in [0.2, 0.25) is 0 Å². The van der Waals surface area contributed by atoms with Gasteiger partial charge >= 0.3 is 0 Å². The van der Waals surface area contributed by atoms with Crippen molar-refractivity contribution in [3.63, 3.8) is 0 Å². The van der Waals surface area contributed by atoms with E-state index in [2.05, 4.69) is 27.2 Å². The zero-order valence-corrected chi connectivity index (χ0v) is 12.4. The number of imidazole rings is 1. The number of methoxy groups -OCH3 is 1. The zero-order chi connectivity index (χ0) is 13.4. The third kappa shape index (κ3) is 2.19. The Hall–Kier alpha value is -1.59. The van der Waals surface area contributed by atoms with Crippen LogP contribution >= 0.6 is 23.6 Å². The number of hydrogen-bond acceptors (Lipinski definition) is 3. The predicted molar refractivity (Wildman–Crippen MR) is 81.8 cm³/mol. The highest BCUT2D eigenvalue weighted by molar-refractivity contribution is 7.71. The molecule has 3 rings (SSSR count). The molecule has 0 saturated carbocycles. The molecule has 19 heavy (non-hydrogen) atoms. The first kappa shape index (κ1) is 12.4. The van der Waals surface area contributed by atoms with Crippen LogP contribution in [0.5, 0.6) is 5.75 Å². The number of nitrogens with zero attached hydrogens (tertiary/aromatic N) is 1. The van der Waals surface area contributed by atoms with E-state index in [4.69, 9.17) is 17.0 Å². The first-order chi connectivity index (χ1) is 9.19. The van der Waals surface area contributed by atoms with Gasteiger partial charge in [0.1, 0.15) is 5.75 Å². The fourth-order valence-corrected chi connectivity index (χ4v) is 3.26. The van der Waals surface area contributed by atoms with Crippen LogP contribution in [0.15, 0.2) is 29.0 Å². The molecule has 98 valence electrons. The lowest BCUT2D eigenvalue weighted by Gasteiger charge is -2.05. The lowest BCUT2D eigenvalue weighted by Crippen LogP contribution is -1.99. The zero-order valence-electron chi connectivity index (χ0n) is 10.8. The van der Waals surface area contributed by atoms with Gasteiger partial charge in [-0.25, -0.2) is 0 Å². The Bertz CT molecular complexity index is 782. The van der Waals surface area contributed by atoms with E-state index in [1.165, 1.54) is 11.1 Å². The molecule has 0 aliphatic rings. The van der Waals surface area contributed by atoms with Crippen LogP contribution in [0, 0.1) is 11.7 Å². The van der Waals surface area contributed by atoms with E-state index >= 15 is 0 Å². The summed E-state index contributed by atoms with van der Waals surface area (Å²) in [6.07, 6.45) is 0. The van der Waals surface area contributed by atoms with Crippen molar-refractivity contribution in [2.45, 2.75) is 13.5 Å². The van der Waals surface area contributed by atoms with Crippen molar-refractivity contribution in [2.75, 3.05) is 7.11 Å². The molecule has 2 heterocycles. The fraction of sp³-hybridized carbons (Fsp3) is 0.214. The van der Waals surface area contributed by atoms with Gasteiger partial charge in [-0.1, -0.05) is 0 Å². The molecule has 1 N–H and O–H groups in total. The van der Waals surface area contributed by atoms with Gasteiger partial charge in [-0.15, -0.1) is 0 Å². The monoisotopic (exact) mass is 290 g/mol. The van der Waals surface area contributed by atoms with Gasteiger partial charge in [0.05, 0.1) is 24.7 Å². The molecule has 0 fully saturated rings. The standard InChI is InChI=1S/C14H14N2OS2/c1-9-7-19-8-10(9)6-16-13-5-11(17-2)3-4-12(13)15-14(16)18/h3-5,7-8H,6H2,1-2H3,(H,15,18). The van der Waals surface area contributed by atoms with E-state index in [-0.39, 0.29) is 0 Å². The fourth-order valence-electron chi connectivity index (χ4n) is 2.14. The first-order valence-corrected chi connectivity index (χ1v) is 7.32. The summed E-state index contributed by atoms with van der Waals surface area (Å²) < 4.78 is 8.14. The molecule has 0 aliphatic heterocycles. The highest BCUT2D eigenvalue weighted by Gasteiger charge is 2.08. The van der Waals surface area contributed by atoms with Gasteiger partial charge in [-0.05, 0) is 53.2 Å². The van der Waals surface area contributed by atoms with Crippen LogP contribution < -0.4 is 4.74 Å². The summed E-state index contributed by atoms with van der Waals surface area (Å²) in [5.41, 5.74) is 4.74. The molecule has 0 atom stereocenters. The number of nitrogens with one attached hydrogen (secondary N) is 1. The Kier molecular flexibility index (Phi) is 3.16. The van der Waals surface area contributed by atoms with E-state index in [1.807, 2.05) is 18.2 Å². The van der Waals surface area contributed by atoms with E-state index in [1.54, 1.807) is 18.4 Å². The summed E-state index contributed by atoms with van der Waals surface area (Å²) in [5.74, 6) is 0.845. The SMILES string of the molecule is COc1ccc2[nH]c(=S)n(Cc3cscc3C)c2c1. The number of rotatable bonds is 3. The van der Waals surface area contributed by atoms with Gasteiger partial charge in [-0.2, -0.15) is 11.3 Å². The van der Waals surface area contributed by atoms with Crippen molar-refractivity contribution in [1.29, 1.82) is 0 Å². The van der Waals surface area contributed by atoms with Crippen LogP contribution in [-0.2, 0) is 6.54 Å². The molecule has 0 radical (unpaired) electrons. The topological polar surface area (TPSA) is 29.9 Å². The highest BCUT2D eigenvalue weighted by Crippen LogP contribution is 2.23. The number of thiophene rings is 1. The van der Waals surface area contributed by atoms with E-state index < -0.39 is 0 Å². The van der Waals surface area contributed by atoms with Crippen molar-refractivity contribution in [3.05, 3.63) is 44.9 Å². The van der Waals surface area contributed by atoms with Crippen molar-refractivity contribution < 1.29 is 4.74 Å². The Morgan fingerprint density at radius 2 is 2.21 bits per heavy atom. The highest BCUT2D eigenvalue weighted by atomic mass is 32.1. The number of hydrogen-bond donors (Lipinski definition) is 1. The van der Waals surface area contributed by atoms with Gasteiger partial charge in [-0.3, -0.25) is 0 Å². The molecule has 2 aromatic heterocycles. The van der Waals surface area contributed by atoms with Crippen LogP contribution in [0.1, 0.15) is 11.1 Å². The Morgan fingerprint density at radius 1 is 1.37 bits per heavy atom. The second kappa shape index (κ2) is 4.83. The smallest absolute Gasteiger partial charge is 0.178 e. The van der Waals surface area contributed by atoms with E-state index in [0.29, 0.717) is 0 Å². The van der Waals surface area contributed by atoms with Gasteiger partial charge in [0.25, 0.3) is 0 Å². The number of ether oxygens (including phenoxy) is 1. The molecule has 1 aromatic carbocycles. The second-order valence-electron chi connectivity index (χ2n) is 4.48. The molecule has 0 bridgehead atoms. The summed E-state index contributed by atoms with van der Waals surface area (Å²) in [6.45, 7) is 2.92. The van der Waals surface area contributed by atoms with Crippen molar-refractivity contribution in [1.82, 2.24) is 9.55 Å². The average molecular weight is 290 g/mol. The quantitative estimate of drug-likeness (QED) is 0.735. The summed E-state index contributed by atoms with van der Waals surface area (Å²) >= 11 is 7.14. The normalized spacial score (nSPS) is 11.1. The molecular weight excluding hydrogens is 276 g/mol. The molecule has 3 nitrogen and oxygen atoms in total. The number of fused-ring (bicyclic) bond motifs is 1. The minimum Gasteiger partial charge on any atom is -0.497 e. The number of aromatic amines is 1. The third-order valence-electron chi connectivity index (χ3n) is 3.27. The molecule has 3 aromatic rings. The lowest BCUT2D eigenvalue weighted by molar-refractivity contribution is 0.415. The van der Waals surface area contributed by atoms with Gasteiger partial charge < -0.3 is 14.3 Å². The van der Waals surface area contributed by atoms with Crippen molar-refractivity contribution >= 4 is 34.6 Å². The van der Waals surface area contributed by atoms with Gasteiger partial charge in [0.15, 0.2) is 4.77 Å². The second-order valence-corrected chi connectivity index (χ2v) is 5.61. The minimum atomic E-state index is 0.744. The summed E-state index contributed by atoms with van der Waals surface area (Å²) in [5, 5.41) is 4.34. The van der Waals surface area contributed by atoms with Crippen LogP contribution in [0.4, 0.5) is 0 Å². The van der Waals surface area contributed by atoms with Crippen LogP contribution in [0.25, 0.3) is 11.0 Å². The largest absolute Gasteiger partial charge is 0.497 e. The summed E-state index contributed by atoms with van der Waals surface area (Å²) in [7, 11) is 1.68. The number of H-pyrrole nitrogens is 1. The Labute approximate surface area is 120 Å². The first-order valence-electron chi connectivity index (χ1n) is 5.97. The van der Waals surface area contributed by atoms with Gasteiger partial charge in [0.2, 0.25) is 0 Å². The number of aryl methyl sites for hydroxylation is 1. The van der Waals surface area contributed by atoms with Crippen molar-refractivity contribution in [2.24, 2.45) is 0 Å². The molecule has 0 unspecified atom stereocenters. The van der Waals surface area contributed by atoms with E-state index in [0.717, 1.165) is 28.1 Å². The average Bonchev–Trinajstić information content (AvgIpc) is 2.94. The third-order valence-corrected chi connectivity index (χ3v) is 4.51. The Morgan fingerprint density at radius 3 is 2.89 bits per heavy atom. The summed E-state index contributed by atoms with van der Waals surface area (Å²) in [4.78, 5) is 3.24. The van der Waals surface area contributed by atoms with E-state index in [9.17, 15) is 0 Å². The number of aromatic nitrogens is 2. The van der Waals surface area contributed by atoms with Crippen LogP contribution in [0.3, 0.4) is 0 Å².